The van der Waals surface area contributed by atoms with E-state index in [1.807, 2.05) is 24.3 Å². The molecule has 1 unspecified atom stereocenters. The molecular weight excluding hydrogens is 448 g/mol. The first kappa shape index (κ1) is 24.1. The van der Waals surface area contributed by atoms with E-state index in [4.69, 9.17) is 4.74 Å². The third kappa shape index (κ3) is 6.11. The first-order valence-electron chi connectivity index (χ1n) is 11.5. The molecule has 1 atom stereocenters. The zero-order valence-corrected chi connectivity index (χ0v) is 20.1. The zero-order valence-electron chi connectivity index (χ0n) is 19.3. The summed E-state index contributed by atoms with van der Waals surface area (Å²) in [5.74, 6) is -0.395. The highest BCUT2D eigenvalue weighted by atomic mass is 32.2. The number of rotatable bonds is 8. The van der Waals surface area contributed by atoms with Gasteiger partial charge in [-0.1, -0.05) is 66.2 Å². The summed E-state index contributed by atoms with van der Waals surface area (Å²) in [5.41, 5.74) is 3.35. The van der Waals surface area contributed by atoms with Gasteiger partial charge in [-0.15, -0.1) is 0 Å². The van der Waals surface area contributed by atoms with Crippen molar-refractivity contribution in [3.8, 4) is 0 Å². The minimum absolute atomic E-state index is 0.0118. The summed E-state index contributed by atoms with van der Waals surface area (Å²) in [4.78, 5) is 15.5. The van der Waals surface area contributed by atoms with E-state index in [-0.39, 0.29) is 22.6 Å². The lowest BCUT2D eigenvalue weighted by Gasteiger charge is -2.35. The lowest BCUT2D eigenvalue weighted by molar-refractivity contribution is 0.0162. The van der Waals surface area contributed by atoms with Gasteiger partial charge in [-0.05, 0) is 36.2 Å². The second-order valence-electron chi connectivity index (χ2n) is 8.56. The van der Waals surface area contributed by atoms with Gasteiger partial charge >= 0.3 is 0 Å². The zero-order chi connectivity index (χ0) is 24.0. The van der Waals surface area contributed by atoms with Gasteiger partial charge < -0.3 is 10.1 Å². The van der Waals surface area contributed by atoms with Crippen molar-refractivity contribution in [2.24, 2.45) is 0 Å². The van der Waals surface area contributed by atoms with Crippen molar-refractivity contribution in [2.45, 2.75) is 23.6 Å². The van der Waals surface area contributed by atoms with E-state index in [2.05, 4.69) is 35.3 Å². The second kappa shape index (κ2) is 11.0. The normalized spacial score (nSPS) is 15.6. The summed E-state index contributed by atoms with van der Waals surface area (Å²) in [5, 5.41) is 3.03. The molecule has 3 aromatic carbocycles. The number of carbonyl (C=O) groups is 1. The van der Waals surface area contributed by atoms with Crippen molar-refractivity contribution >= 4 is 15.7 Å². The Hall–Kier alpha value is -3.00. The third-order valence-corrected chi connectivity index (χ3v) is 7.71. The summed E-state index contributed by atoms with van der Waals surface area (Å²) < 4.78 is 31.3. The maximum Gasteiger partial charge on any atom is 0.251 e. The van der Waals surface area contributed by atoms with Crippen LogP contribution in [0.5, 0.6) is 0 Å². The van der Waals surface area contributed by atoms with Gasteiger partial charge in [0.15, 0.2) is 9.84 Å². The average molecular weight is 479 g/mol. The van der Waals surface area contributed by atoms with E-state index in [9.17, 15) is 13.2 Å². The number of carbonyl (C=O) groups excluding carboxylic acids is 1. The molecule has 1 aliphatic heterocycles. The molecule has 178 valence electrons. The van der Waals surface area contributed by atoms with Gasteiger partial charge in [0.05, 0.1) is 29.9 Å². The Morgan fingerprint density at radius 3 is 2.44 bits per heavy atom. The standard InChI is InChI=1S/C27H30N2O4S/c1-21-7-5-10-23(17-21)26(29-13-15-33-16-14-29)19-28-27(30)24-11-6-12-25(18-24)34(31,32)20-22-8-3-2-4-9-22/h2-12,17-18,26H,13-16,19-20H2,1H3,(H,28,30). The number of ether oxygens (including phenoxy) is 1. The highest BCUT2D eigenvalue weighted by Crippen LogP contribution is 2.23. The minimum Gasteiger partial charge on any atom is -0.379 e. The van der Waals surface area contributed by atoms with E-state index in [0.29, 0.717) is 30.9 Å². The fourth-order valence-electron chi connectivity index (χ4n) is 4.22. The fraction of sp³-hybridized carbons (Fsp3) is 0.296. The Balaban J connectivity index is 1.49. The van der Waals surface area contributed by atoms with Crippen molar-refractivity contribution in [1.82, 2.24) is 10.2 Å². The maximum absolute atomic E-state index is 13.0. The minimum atomic E-state index is -3.57. The number of hydrogen-bond acceptors (Lipinski definition) is 5. The van der Waals surface area contributed by atoms with Gasteiger partial charge in [-0.2, -0.15) is 0 Å². The molecule has 0 aliphatic carbocycles. The lowest BCUT2D eigenvalue weighted by Crippen LogP contribution is -2.43. The van der Waals surface area contributed by atoms with E-state index in [1.54, 1.807) is 30.3 Å². The Bertz CT molecular complexity index is 1220. The molecule has 0 bridgehead atoms. The van der Waals surface area contributed by atoms with Crippen LogP contribution in [0.2, 0.25) is 0 Å². The predicted molar refractivity (Wildman–Crippen MR) is 132 cm³/mol. The van der Waals surface area contributed by atoms with Crippen LogP contribution in [0, 0.1) is 6.92 Å². The van der Waals surface area contributed by atoms with Gasteiger partial charge in [-0.25, -0.2) is 8.42 Å². The summed E-state index contributed by atoms with van der Waals surface area (Å²) in [6.07, 6.45) is 0. The van der Waals surface area contributed by atoms with Gasteiger partial charge in [0.1, 0.15) is 0 Å². The Morgan fingerprint density at radius 1 is 0.971 bits per heavy atom. The Kier molecular flexibility index (Phi) is 7.77. The van der Waals surface area contributed by atoms with Crippen LogP contribution in [0.1, 0.15) is 33.1 Å². The second-order valence-corrected chi connectivity index (χ2v) is 10.6. The molecule has 1 amide bonds. The van der Waals surface area contributed by atoms with Crippen LogP contribution < -0.4 is 5.32 Å². The molecule has 1 fully saturated rings. The van der Waals surface area contributed by atoms with Crippen LogP contribution in [0.15, 0.2) is 83.8 Å². The quantitative estimate of drug-likeness (QED) is 0.533. The van der Waals surface area contributed by atoms with Crippen molar-refractivity contribution in [2.75, 3.05) is 32.8 Å². The molecule has 6 nitrogen and oxygen atoms in total. The van der Waals surface area contributed by atoms with Gasteiger partial charge in [-0.3, -0.25) is 9.69 Å². The monoisotopic (exact) mass is 478 g/mol. The number of sulfone groups is 1. The molecule has 0 spiro atoms. The van der Waals surface area contributed by atoms with Gasteiger partial charge in [0.25, 0.3) is 5.91 Å². The highest BCUT2D eigenvalue weighted by Gasteiger charge is 2.24. The largest absolute Gasteiger partial charge is 0.379 e. The molecule has 1 saturated heterocycles. The Morgan fingerprint density at radius 2 is 1.71 bits per heavy atom. The topological polar surface area (TPSA) is 75.7 Å². The number of benzene rings is 3. The van der Waals surface area contributed by atoms with Crippen LogP contribution in [0.25, 0.3) is 0 Å². The predicted octanol–water partition coefficient (Wildman–Crippen LogP) is 3.77. The van der Waals surface area contributed by atoms with Gasteiger partial charge in [0, 0.05) is 25.2 Å². The number of morpholine rings is 1. The van der Waals surface area contributed by atoms with Crippen LogP contribution in [-0.2, 0) is 20.3 Å². The van der Waals surface area contributed by atoms with E-state index < -0.39 is 9.84 Å². The Labute approximate surface area is 201 Å². The van der Waals surface area contributed by atoms with Crippen LogP contribution >= 0.6 is 0 Å². The van der Waals surface area contributed by atoms with E-state index in [1.165, 1.54) is 11.6 Å². The summed E-state index contributed by atoms with van der Waals surface area (Å²) in [6.45, 7) is 5.39. The molecule has 4 rings (SSSR count). The van der Waals surface area contributed by atoms with E-state index in [0.717, 1.165) is 18.7 Å². The number of aryl methyl sites for hydroxylation is 1. The molecular formula is C27H30N2O4S. The first-order valence-corrected chi connectivity index (χ1v) is 13.1. The molecule has 0 saturated carbocycles. The molecule has 3 aromatic rings. The van der Waals surface area contributed by atoms with Gasteiger partial charge in [0.2, 0.25) is 0 Å². The molecule has 7 heteroatoms. The van der Waals surface area contributed by atoms with Crippen molar-refractivity contribution in [3.63, 3.8) is 0 Å². The number of hydrogen-bond donors (Lipinski definition) is 1. The molecule has 1 N–H and O–H groups in total. The molecule has 0 aromatic heterocycles. The van der Waals surface area contributed by atoms with Crippen molar-refractivity contribution < 1.29 is 17.9 Å². The SMILES string of the molecule is Cc1cccc(C(CNC(=O)c2cccc(S(=O)(=O)Cc3ccccc3)c2)N2CCOCC2)c1. The summed E-state index contributed by atoms with van der Waals surface area (Å²) in [6, 6.07) is 23.6. The molecule has 1 aliphatic rings. The highest BCUT2D eigenvalue weighted by molar-refractivity contribution is 7.90. The van der Waals surface area contributed by atoms with Crippen LogP contribution in [0.3, 0.4) is 0 Å². The average Bonchev–Trinajstić information content (AvgIpc) is 2.85. The van der Waals surface area contributed by atoms with Crippen molar-refractivity contribution in [3.05, 3.63) is 101 Å². The number of amides is 1. The fourth-order valence-corrected chi connectivity index (χ4v) is 5.61. The number of nitrogens with zero attached hydrogens (tertiary/aromatic N) is 1. The van der Waals surface area contributed by atoms with Crippen LogP contribution in [0.4, 0.5) is 0 Å². The molecule has 1 heterocycles. The maximum atomic E-state index is 13.0. The van der Waals surface area contributed by atoms with E-state index >= 15 is 0 Å². The smallest absolute Gasteiger partial charge is 0.251 e. The third-order valence-electron chi connectivity index (χ3n) is 6.02. The lowest BCUT2D eigenvalue weighted by atomic mass is 10.0. The van der Waals surface area contributed by atoms with Crippen LogP contribution in [-0.4, -0.2) is 52.1 Å². The molecule has 0 radical (unpaired) electrons. The summed E-state index contributed by atoms with van der Waals surface area (Å²) >= 11 is 0. The number of nitrogens with one attached hydrogen (secondary N) is 1. The molecule has 34 heavy (non-hydrogen) atoms. The summed E-state index contributed by atoms with van der Waals surface area (Å²) in [7, 11) is -3.57. The van der Waals surface area contributed by atoms with Crippen molar-refractivity contribution in [1.29, 1.82) is 0 Å². The first-order chi connectivity index (χ1) is 16.4.